The Morgan fingerprint density at radius 2 is 1.90 bits per heavy atom. The Bertz CT molecular complexity index is 540. The molecule has 2 N–H and O–H groups in total. The summed E-state index contributed by atoms with van der Waals surface area (Å²) in [5.41, 5.74) is 0. The van der Waals surface area contributed by atoms with Gasteiger partial charge in [0.25, 0.3) is 10.1 Å². The van der Waals surface area contributed by atoms with Gasteiger partial charge in [-0.3, -0.25) is 8.98 Å². The molecule has 0 amide bonds. The van der Waals surface area contributed by atoms with Gasteiger partial charge in [0.05, 0.1) is 23.5 Å². The summed E-state index contributed by atoms with van der Waals surface area (Å²) in [6.45, 7) is 1.33. The SMILES string of the molecule is CCCCC(C(=O)O)C(O)COS(=O)(=O)c1ccccc1. The van der Waals surface area contributed by atoms with E-state index in [4.69, 9.17) is 9.29 Å². The summed E-state index contributed by atoms with van der Waals surface area (Å²) < 4.78 is 28.5. The lowest BCUT2D eigenvalue weighted by Crippen LogP contribution is -2.32. The van der Waals surface area contributed by atoms with Crippen LogP contribution in [0, 0.1) is 5.92 Å². The minimum Gasteiger partial charge on any atom is -0.481 e. The van der Waals surface area contributed by atoms with E-state index in [1.807, 2.05) is 6.92 Å². The Balaban J connectivity index is 2.66. The summed E-state index contributed by atoms with van der Waals surface area (Å²) in [6.07, 6.45) is 0.341. The molecule has 21 heavy (non-hydrogen) atoms. The molecule has 0 aliphatic heterocycles. The Hall–Kier alpha value is -1.44. The van der Waals surface area contributed by atoms with Crippen molar-refractivity contribution in [3.63, 3.8) is 0 Å². The predicted molar refractivity (Wildman–Crippen MR) is 76.2 cm³/mol. The summed E-state index contributed by atoms with van der Waals surface area (Å²) in [7, 11) is -3.99. The maximum absolute atomic E-state index is 11.9. The van der Waals surface area contributed by atoms with Gasteiger partial charge in [0.15, 0.2) is 0 Å². The number of hydrogen-bond acceptors (Lipinski definition) is 5. The van der Waals surface area contributed by atoms with Crippen LogP contribution in [-0.4, -0.2) is 37.3 Å². The first-order chi connectivity index (χ1) is 9.88. The molecule has 1 rings (SSSR count). The van der Waals surface area contributed by atoms with Crippen LogP contribution in [0.3, 0.4) is 0 Å². The van der Waals surface area contributed by atoms with E-state index in [0.717, 1.165) is 6.42 Å². The molecule has 0 aromatic heterocycles. The molecular weight excluding hydrogens is 296 g/mol. The second-order valence-electron chi connectivity index (χ2n) is 4.71. The van der Waals surface area contributed by atoms with Crippen molar-refractivity contribution in [3.05, 3.63) is 30.3 Å². The van der Waals surface area contributed by atoms with Crippen molar-refractivity contribution in [1.29, 1.82) is 0 Å². The van der Waals surface area contributed by atoms with Gasteiger partial charge < -0.3 is 10.2 Å². The lowest BCUT2D eigenvalue weighted by atomic mass is 9.97. The van der Waals surface area contributed by atoms with Crippen LogP contribution in [0.5, 0.6) is 0 Å². The van der Waals surface area contributed by atoms with Crippen molar-refractivity contribution in [3.8, 4) is 0 Å². The number of aliphatic carboxylic acids is 1. The fourth-order valence-corrected chi connectivity index (χ4v) is 2.78. The monoisotopic (exact) mass is 316 g/mol. The Morgan fingerprint density at radius 1 is 1.29 bits per heavy atom. The first-order valence-electron chi connectivity index (χ1n) is 6.74. The van der Waals surface area contributed by atoms with Crippen molar-refractivity contribution in [2.45, 2.75) is 37.2 Å². The lowest BCUT2D eigenvalue weighted by molar-refractivity contribution is -0.146. The molecule has 6 nitrogen and oxygen atoms in total. The summed E-state index contributed by atoms with van der Waals surface area (Å²) in [5, 5.41) is 18.9. The molecule has 1 aromatic carbocycles. The average molecular weight is 316 g/mol. The molecule has 1 aromatic rings. The Labute approximate surface area is 124 Å². The number of aliphatic hydroxyl groups excluding tert-OH is 1. The molecule has 0 spiro atoms. The zero-order valence-electron chi connectivity index (χ0n) is 11.8. The minimum absolute atomic E-state index is 0.0300. The van der Waals surface area contributed by atoms with Gasteiger partial charge in [-0.25, -0.2) is 0 Å². The highest BCUT2D eigenvalue weighted by Gasteiger charge is 2.28. The van der Waals surface area contributed by atoms with E-state index >= 15 is 0 Å². The van der Waals surface area contributed by atoms with Crippen molar-refractivity contribution < 1.29 is 27.6 Å². The number of carboxylic acid groups (broad SMARTS) is 1. The van der Waals surface area contributed by atoms with Crippen LogP contribution >= 0.6 is 0 Å². The highest BCUT2D eigenvalue weighted by Crippen LogP contribution is 2.17. The number of unbranched alkanes of at least 4 members (excludes halogenated alkanes) is 1. The van der Waals surface area contributed by atoms with Crippen LogP contribution in [0.1, 0.15) is 26.2 Å². The quantitative estimate of drug-likeness (QED) is 0.672. The van der Waals surface area contributed by atoms with Gasteiger partial charge in [-0.2, -0.15) is 8.42 Å². The van der Waals surface area contributed by atoms with E-state index in [0.29, 0.717) is 6.42 Å². The highest BCUT2D eigenvalue weighted by molar-refractivity contribution is 7.86. The number of hydrogen-bond donors (Lipinski definition) is 2. The van der Waals surface area contributed by atoms with E-state index in [1.165, 1.54) is 12.1 Å². The highest BCUT2D eigenvalue weighted by atomic mass is 32.2. The maximum atomic E-state index is 11.9. The zero-order chi connectivity index (χ0) is 15.9. The molecule has 118 valence electrons. The maximum Gasteiger partial charge on any atom is 0.309 e. The molecule has 0 radical (unpaired) electrons. The van der Waals surface area contributed by atoms with E-state index in [-0.39, 0.29) is 11.3 Å². The van der Waals surface area contributed by atoms with Crippen LogP contribution in [-0.2, 0) is 19.1 Å². The number of aliphatic hydroxyl groups is 1. The normalized spacial score (nSPS) is 14.6. The van der Waals surface area contributed by atoms with E-state index < -0.39 is 34.7 Å². The Kier molecular flexibility index (Phi) is 6.80. The van der Waals surface area contributed by atoms with E-state index in [9.17, 15) is 18.3 Å². The summed E-state index contributed by atoms with van der Waals surface area (Å²) in [6, 6.07) is 7.50. The number of carbonyl (C=O) groups is 1. The topological polar surface area (TPSA) is 101 Å². The second kappa shape index (κ2) is 8.11. The third-order valence-electron chi connectivity index (χ3n) is 3.08. The van der Waals surface area contributed by atoms with Crippen molar-refractivity contribution >= 4 is 16.1 Å². The van der Waals surface area contributed by atoms with Crippen LogP contribution in [0.2, 0.25) is 0 Å². The van der Waals surface area contributed by atoms with Crippen LogP contribution in [0.15, 0.2) is 35.2 Å². The summed E-state index contributed by atoms with van der Waals surface area (Å²) >= 11 is 0. The fraction of sp³-hybridized carbons (Fsp3) is 0.500. The first-order valence-corrected chi connectivity index (χ1v) is 8.14. The van der Waals surface area contributed by atoms with Crippen molar-refractivity contribution in [2.75, 3.05) is 6.61 Å². The van der Waals surface area contributed by atoms with E-state index in [1.54, 1.807) is 18.2 Å². The predicted octanol–water partition coefficient (Wildman–Crippen LogP) is 1.64. The van der Waals surface area contributed by atoms with Gasteiger partial charge in [0.1, 0.15) is 0 Å². The molecule has 2 atom stereocenters. The summed E-state index contributed by atoms with van der Waals surface area (Å²) in [5.74, 6) is -2.19. The number of carboxylic acids is 1. The smallest absolute Gasteiger partial charge is 0.309 e. The third-order valence-corrected chi connectivity index (χ3v) is 4.37. The molecule has 0 fully saturated rings. The van der Waals surface area contributed by atoms with Crippen LogP contribution < -0.4 is 0 Å². The first kappa shape index (κ1) is 17.6. The van der Waals surface area contributed by atoms with Gasteiger partial charge in [0.2, 0.25) is 0 Å². The van der Waals surface area contributed by atoms with Crippen LogP contribution in [0.25, 0.3) is 0 Å². The van der Waals surface area contributed by atoms with Crippen molar-refractivity contribution in [1.82, 2.24) is 0 Å². The minimum atomic E-state index is -3.99. The van der Waals surface area contributed by atoms with Gasteiger partial charge in [-0.15, -0.1) is 0 Å². The zero-order valence-corrected chi connectivity index (χ0v) is 12.6. The average Bonchev–Trinajstić information content (AvgIpc) is 2.46. The molecule has 0 saturated heterocycles. The molecule has 0 aliphatic rings. The van der Waals surface area contributed by atoms with Gasteiger partial charge in [0, 0.05) is 0 Å². The number of benzene rings is 1. The second-order valence-corrected chi connectivity index (χ2v) is 6.32. The molecule has 0 aliphatic carbocycles. The number of rotatable bonds is 9. The standard InChI is InChI=1S/C14H20O6S/c1-2-3-9-12(14(16)17)13(15)10-20-21(18,19)11-7-5-4-6-8-11/h4-8,12-13,15H,2-3,9-10H2,1H3,(H,16,17). The molecule has 7 heteroatoms. The van der Waals surface area contributed by atoms with Gasteiger partial charge in [-0.05, 0) is 18.6 Å². The Morgan fingerprint density at radius 3 is 2.43 bits per heavy atom. The van der Waals surface area contributed by atoms with Gasteiger partial charge >= 0.3 is 5.97 Å². The van der Waals surface area contributed by atoms with Gasteiger partial charge in [-0.1, -0.05) is 38.0 Å². The molecular formula is C14H20O6S. The fourth-order valence-electron chi connectivity index (χ4n) is 1.84. The summed E-state index contributed by atoms with van der Waals surface area (Å²) in [4.78, 5) is 11.0. The van der Waals surface area contributed by atoms with E-state index in [2.05, 4.69) is 0 Å². The molecule has 0 saturated carbocycles. The van der Waals surface area contributed by atoms with Crippen LogP contribution in [0.4, 0.5) is 0 Å². The largest absolute Gasteiger partial charge is 0.481 e. The lowest BCUT2D eigenvalue weighted by Gasteiger charge is -2.18. The molecule has 2 unspecified atom stereocenters. The molecule has 0 bridgehead atoms. The van der Waals surface area contributed by atoms with Crippen molar-refractivity contribution in [2.24, 2.45) is 5.92 Å². The molecule has 0 heterocycles. The third kappa shape index (κ3) is 5.45.